The highest BCUT2D eigenvalue weighted by atomic mass is 32.2. The summed E-state index contributed by atoms with van der Waals surface area (Å²) < 4.78 is 1.07. The van der Waals surface area contributed by atoms with Gasteiger partial charge >= 0.3 is 0 Å². The minimum absolute atomic E-state index is 0.803. The smallest absolute Gasteiger partial charge is 0.208 e. The lowest BCUT2D eigenvalue weighted by Crippen LogP contribution is -2.18. The van der Waals surface area contributed by atoms with Gasteiger partial charge in [-0.25, -0.2) is 0 Å². The molecule has 1 N–H and O–H groups in total. The molecule has 0 amide bonds. The maximum Gasteiger partial charge on any atom is 0.208 e. The topological polar surface area (TPSA) is 41.1 Å². The molecule has 0 aromatic carbocycles. The average molecular weight is 244 g/mol. The Kier molecular flexibility index (Phi) is 3.82. The molecule has 0 atom stereocenters. The Balaban J connectivity index is 1.67. The van der Waals surface area contributed by atoms with E-state index in [-0.39, 0.29) is 0 Å². The monoisotopic (exact) mass is 244 g/mol. The number of hydrogen-bond acceptors (Lipinski definition) is 6. The van der Waals surface area contributed by atoms with Crippen molar-refractivity contribution in [2.45, 2.75) is 23.2 Å². The van der Waals surface area contributed by atoms with Crippen molar-refractivity contribution in [3.8, 4) is 0 Å². The predicted octanol–water partition coefficient (Wildman–Crippen LogP) is 1.45. The molecule has 1 aliphatic rings. The first-order chi connectivity index (χ1) is 7.25. The van der Waals surface area contributed by atoms with Gasteiger partial charge in [0.05, 0.1) is 0 Å². The standard InChI is InChI=1S/C9H16N4S2/c1-13(2)8-11-12-9(15-8)14-6-5-10-7-3-4-7/h7,10H,3-6H2,1-2H3. The quantitative estimate of drug-likeness (QED) is 0.606. The van der Waals surface area contributed by atoms with Crippen LogP contribution in [0.1, 0.15) is 12.8 Å². The van der Waals surface area contributed by atoms with Gasteiger partial charge in [0.2, 0.25) is 5.13 Å². The van der Waals surface area contributed by atoms with E-state index in [4.69, 9.17) is 0 Å². The molecule has 1 saturated carbocycles. The maximum absolute atomic E-state index is 4.13. The summed E-state index contributed by atoms with van der Waals surface area (Å²) in [5.41, 5.74) is 0. The third-order valence-corrected chi connectivity index (χ3v) is 4.34. The largest absolute Gasteiger partial charge is 0.353 e. The fourth-order valence-corrected chi connectivity index (χ4v) is 2.83. The second-order valence-electron chi connectivity index (χ2n) is 3.82. The van der Waals surface area contributed by atoms with Crippen LogP contribution >= 0.6 is 23.1 Å². The van der Waals surface area contributed by atoms with Gasteiger partial charge in [0.15, 0.2) is 4.34 Å². The van der Waals surface area contributed by atoms with E-state index in [1.807, 2.05) is 19.0 Å². The van der Waals surface area contributed by atoms with Crippen molar-refractivity contribution < 1.29 is 0 Å². The van der Waals surface area contributed by atoms with Crippen molar-refractivity contribution in [3.63, 3.8) is 0 Å². The van der Waals surface area contributed by atoms with Crippen molar-refractivity contribution in [1.29, 1.82) is 0 Å². The molecule has 0 spiro atoms. The van der Waals surface area contributed by atoms with Crippen LogP contribution in [0.3, 0.4) is 0 Å². The molecule has 1 heterocycles. The molecule has 84 valence electrons. The zero-order chi connectivity index (χ0) is 10.7. The van der Waals surface area contributed by atoms with E-state index in [1.165, 1.54) is 12.8 Å². The maximum atomic E-state index is 4.13. The van der Waals surface area contributed by atoms with Crippen molar-refractivity contribution in [1.82, 2.24) is 15.5 Å². The molecular weight excluding hydrogens is 228 g/mol. The van der Waals surface area contributed by atoms with E-state index < -0.39 is 0 Å². The third-order valence-electron chi connectivity index (χ3n) is 2.12. The van der Waals surface area contributed by atoms with Crippen molar-refractivity contribution >= 4 is 28.2 Å². The number of anilines is 1. The number of aromatic nitrogens is 2. The molecule has 4 nitrogen and oxygen atoms in total. The van der Waals surface area contributed by atoms with Gasteiger partial charge in [0.25, 0.3) is 0 Å². The molecule has 0 aliphatic heterocycles. The summed E-state index contributed by atoms with van der Waals surface area (Å²) >= 11 is 3.44. The minimum Gasteiger partial charge on any atom is -0.353 e. The van der Waals surface area contributed by atoms with E-state index in [0.717, 1.165) is 27.8 Å². The molecule has 0 saturated heterocycles. The van der Waals surface area contributed by atoms with Gasteiger partial charge in [-0.05, 0) is 12.8 Å². The lowest BCUT2D eigenvalue weighted by molar-refractivity contribution is 0.726. The van der Waals surface area contributed by atoms with Crippen molar-refractivity contribution in [2.24, 2.45) is 0 Å². The Morgan fingerprint density at radius 2 is 2.27 bits per heavy atom. The molecule has 1 aromatic heterocycles. The zero-order valence-electron chi connectivity index (χ0n) is 9.06. The molecule has 6 heteroatoms. The van der Waals surface area contributed by atoms with Gasteiger partial charge in [-0.15, -0.1) is 10.2 Å². The van der Waals surface area contributed by atoms with Crippen molar-refractivity contribution in [2.75, 3.05) is 31.3 Å². The molecule has 1 fully saturated rings. The van der Waals surface area contributed by atoms with Crippen LogP contribution in [-0.4, -0.2) is 42.6 Å². The van der Waals surface area contributed by atoms with Crippen LogP contribution in [0.25, 0.3) is 0 Å². The molecule has 15 heavy (non-hydrogen) atoms. The highest BCUT2D eigenvalue weighted by Crippen LogP contribution is 2.26. The molecule has 0 bridgehead atoms. The van der Waals surface area contributed by atoms with E-state index in [0.29, 0.717) is 0 Å². The van der Waals surface area contributed by atoms with E-state index >= 15 is 0 Å². The van der Waals surface area contributed by atoms with Crippen LogP contribution in [0.2, 0.25) is 0 Å². The van der Waals surface area contributed by atoms with Crippen LogP contribution in [-0.2, 0) is 0 Å². The van der Waals surface area contributed by atoms with Gasteiger partial charge in [-0.3, -0.25) is 0 Å². The van der Waals surface area contributed by atoms with Crippen LogP contribution in [0, 0.1) is 0 Å². The Morgan fingerprint density at radius 1 is 1.47 bits per heavy atom. The molecule has 0 unspecified atom stereocenters. The van der Waals surface area contributed by atoms with Gasteiger partial charge < -0.3 is 10.2 Å². The fraction of sp³-hybridized carbons (Fsp3) is 0.778. The van der Waals surface area contributed by atoms with Gasteiger partial charge in [0.1, 0.15) is 0 Å². The Bertz CT molecular complexity index is 309. The van der Waals surface area contributed by atoms with Gasteiger partial charge in [-0.2, -0.15) is 0 Å². The Labute approximate surface area is 98.5 Å². The van der Waals surface area contributed by atoms with E-state index in [9.17, 15) is 0 Å². The summed E-state index contributed by atoms with van der Waals surface area (Å²) in [6.07, 6.45) is 2.71. The predicted molar refractivity (Wildman–Crippen MR) is 66.0 cm³/mol. The van der Waals surface area contributed by atoms with Gasteiger partial charge in [-0.1, -0.05) is 23.1 Å². The third kappa shape index (κ3) is 3.62. The summed E-state index contributed by atoms with van der Waals surface area (Å²) in [4.78, 5) is 1.99. The fourth-order valence-electron chi connectivity index (χ4n) is 1.13. The average Bonchev–Trinajstić information content (AvgIpc) is 2.90. The Morgan fingerprint density at radius 3 is 2.87 bits per heavy atom. The first-order valence-corrected chi connectivity index (χ1v) is 6.93. The lowest BCUT2D eigenvalue weighted by atomic mass is 10.6. The summed E-state index contributed by atoms with van der Waals surface area (Å²) in [7, 11) is 3.98. The number of nitrogens with zero attached hydrogens (tertiary/aromatic N) is 3. The van der Waals surface area contributed by atoms with Crippen LogP contribution in [0.4, 0.5) is 5.13 Å². The molecule has 0 radical (unpaired) electrons. The van der Waals surface area contributed by atoms with E-state index in [1.54, 1.807) is 23.1 Å². The van der Waals surface area contributed by atoms with Gasteiger partial charge in [0, 0.05) is 32.4 Å². The highest BCUT2D eigenvalue weighted by molar-refractivity contribution is 8.01. The molecule has 1 aliphatic carbocycles. The first kappa shape index (κ1) is 11.2. The molecule has 2 rings (SSSR count). The highest BCUT2D eigenvalue weighted by Gasteiger charge is 2.19. The first-order valence-electron chi connectivity index (χ1n) is 5.13. The second-order valence-corrected chi connectivity index (χ2v) is 6.12. The summed E-state index contributed by atoms with van der Waals surface area (Å²) in [5, 5.41) is 12.7. The normalized spacial score (nSPS) is 15.6. The summed E-state index contributed by atoms with van der Waals surface area (Å²) in [6.45, 7) is 1.08. The summed E-state index contributed by atoms with van der Waals surface area (Å²) in [6, 6.07) is 0.803. The molecular formula is C9H16N4S2. The van der Waals surface area contributed by atoms with E-state index in [2.05, 4.69) is 15.5 Å². The number of rotatable bonds is 6. The zero-order valence-corrected chi connectivity index (χ0v) is 10.7. The Hall–Kier alpha value is -0.330. The SMILES string of the molecule is CN(C)c1nnc(SCCNC2CC2)s1. The second kappa shape index (κ2) is 5.14. The number of hydrogen-bond donors (Lipinski definition) is 1. The van der Waals surface area contributed by atoms with Crippen LogP contribution in [0.15, 0.2) is 4.34 Å². The van der Waals surface area contributed by atoms with Crippen LogP contribution < -0.4 is 10.2 Å². The number of nitrogens with one attached hydrogen (secondary N) is 1. The van der Waals surface area contributed by atoms with Crippen molar-refractivity contribution in [3.05, 3.63) is 0 Å². The summed E-state index contributed by atoms with van der Waals surface area (Å²) in [5.74, 6) is 1.08. The number of thioether (sulfide) groups is 1. The lowest BCUT2D eigenvalue weighted by Gasteiger charge is -2.03. The van der Waals surface area contributed by atoms with Crippen LogP contribution in [0.5, 0.6) is 0 Å². The molecule has 1 aromatic rings. The minimum atomic E-state index is 0.803.